The Bertz CT molecular complexity index is 316. The Morgan fingerprint density at radius 3 is 2.31 bits per heavy atom. The molecule has 0 saturated heterocycles. The van der Waals surface area contributed by atoms with Crippen LogP contribution in [0.5, 0.6) is 0 Å². The molecule has 0 aliphatic carbocycles. The van der Waals surface area contributed by atoms with Crippen LogP contribution in [0.25, 0.3) is 0 Å². The van der Waals surface area contributed by atoms with Crippen LogP contribution in [-0.4, -0.2) is 36.3 Å². The Kier molecular flexibility index (Phi) is 4.96. The molecule has 5 heteroatoms. The van der Waals surface area contributed by atoms with Gasteiger partial charge in [-0.05, 0) is 27.7 Å². The maximum atomic E-state index is 11.7. The van der Waals surface area contributed by atoms with Gasteiger partial charge in [-0.2, -0.15) is 5.26 Å². The Hall–Kier alpha value is -1.57. The van der Waals surface area contributed by atoms with E-state index in [-0.39, 0.29) is 24.4 Å². The van der Waals surface area contributed by atoms with E-state index in [4.69, 9.17) is 5.26 Å². The summed E-state index contributed by atoms with van der Waals surface area (Å²) in [6, 6.07) is 1.95. The maximum Gasteiger partial charge on any atom is 0.242 e. The van der Waals surface area contributed by atoms with Crippen molar-refractivity contribution in [2.24, 2.45) is 5.41 Å². The van der Waals surface area contributed by atoms with Gasteiger partial charge in [0.25, 0.3) is 0 Å². The van der Waals surface area contributed by atoms with E-state index >= 15 is 0 Å². The molecule has 16 heavy (non-hydrogen) atoms. The molecule has 0 bridgehead atoms. The fraction of sp³-hybridized carbons (Fsp3) is 0.727. The first-order valence-electron chi connectivity index (χ1n) is 5.17. The summed E-state index contributed by atoms with van der Waals surface area (Å²) in [6.07, 6.45) is 0. The summed E-state index contributed by atoms with van der Waals surface area (Å²) >= 11 is 0. The number of nitrogens with zero attached hydrogens (tertiary/aromatic N) is 2. The molecule has 0 saturated carbocycles. The van der Waals surface area contributed by atoms with E-state index in [1.54, 1.807) is 0 Å². The molecule has 0 aromatic heterocycles. The van der Waals surface area contributed by atoms with Crippen molar-refractivity contribution in [3.05, 3.63) is 0 Å². The number of nitrogens with one attached hydrogen (secondary N) is 1. The zero-order valence-electron chi connectivity index (χ0n) is 10.5. The second kappa shape index (κ2) is 5.50. The van der Waals surface area contributed by atoms with Crippen molar-refractivity contribution >= 4 is 11.8 Å². The molecule has 0 aliphatic rings. The van der Waals surface area contributed by atoms with Gasteiger partial charge in [-0.3, -0.25) is 9.59 Å². The summed E-state index contributed by atoms with van der Waals surface area (Å²) in [5.41, 5.74) is -1.09. The maximum absolute atomic E-state index is 11.7. The molecule has 2 amide bonds. The number of hydrogen-bond acceptors (Lipinski definition) is 3. The zero-order valence-corrected chi connectivity index (χ0v) is 10.5. The molecule has 0 heterocycles. The first-order chi connectivity index (χ1) is 7.20. The van der Waals surface area contributed by atoms with E-state index in [9.17, 15) is 9.59 Å². The van der Waals surface area contributed by atoms with Crippen molar-refractivity contribution in [2.45, 2.75) is 33.7 Å². The number of amides is 2. The topological polar surface area (TPSA) is 73.2 Å². The standard InChI is InChI=1S/C11H19N3O2/c1-8(2)13-9(15)6-14(5)10(16)11(3,4)7-12/h8H,6H2,1-5H3,(H,13,15). The molecule has 0 aromatic rings. The first kappa shape index (κ1) is 14.4. The van der Waals surface area contributed by atoms with E-state index in [2.05, 4.69) is 5.32 Å². The quantitative estimate of drug-likeness (QED) is 0.758. The van der Waals surface area contributed by atoms with Crippen LogP contribution >= 0.6 is 0 Å². The number of rotatable bonds is 4. The summed E-state index contributed by atoms with van der Waals surface area (Å²) in [5, 5.41) is 11.5. The van der Waals surface area contributed by atoms with Crippen molar-refractivity contribution in [2.75, 3.05) is 13.6 Å². The molecule has 0 spiro atoms. The minimum Gasteiger partial charge on any atom is -0.352 e. The monoisotopic (exact) mass is 225 g/mol. The van der Waals surface area contributed by atoms with Crippen molar-refractivity contribution in [3.63, 3.8) is 0 Å². The summed E-state index contributed by atoms with van der Waals surface area (Å²) in [4.78, 5) is 24.4. The molecular weight excluding hydrogens is 206 g/mol. The van der Waals surface area contributed by atoms with Gasteiger partial charge >= 0.3 is 0 Å². The first-order valence-corrected chi connectivity index (χ1v) is 5.17. The van der Waals surface area contributed by atoms with Gasteiger partial charge in [0.15, 0.2) is 0 Å². The molecule has 1 N–H and O–H groups in total. The minimum absolute atomic E-state index is 0.0257. The molecule has 0 rings (SSSR count). The van der Waals surface area contributed by atoms with Crippen LogP contribution < -0.4 is 5.32 Å². The number of likely N-dealkylation sites (N-methyl/N-ethyl adjacent to an activating group) is 1. The molecule has 0 aliphatic heterocycles. The highest BCUT2D eigenvalue weighted by Crippen LogP contribution is 2.16. The van der Waals surface area contributed by atoms with Gasteiger partial charge in [0, 0.05) is 13.1 Å². The van der Waals surface area contributed by atoms with E-state index in [0.29, 0.717) is 0 Å². The number of carbonyl (C=O) groups is 2. The summed E-state index contributed by atoms with van der Waals surface area (Å²) < 4.78 is 0. The Morgan fingerprint density at radius 2 is 1.94 bits per heavy atom. The molecular formula is C11H19N3O2. The van der Waals surface area contributed by atoms with Crippen LogP contribution in [0.2, 0.25) is 0 Å². The van der Waals surface area contributed by atoms with Crippen LogP contribution in [0.1, 0.15) is 27.7 Å². The van der Waals surface area contributed by atoms with Crippen LogP contribution in [0.4, 0.5) is 0 Å². The van der Waals surface area contributed by atoms with Gasteiger partial charge < -0.3 is 10.2 Å². The molecule has 0 radical (unpaired) electrons. The summed E-state index contributed by atoms with van der Waals surface area (Å²) in [5.74, 6) is -0.575. The van der Waals surface area contributed by atoms with Gasteiger partial charge in [0.2, 0.25) is 11.8 Å². The summed E-state index contributed by atoms with van der Waals surface area (Å²) in [6.45, 7) is 6.73. The van der Waals surface area contributed by atoms with Crippen LogP contribution in [-0.2, 0) is 9.59 Å². The lowest BCUT2D eigenvalue weighted by Crippen LogP contribution is -2.44. The van der Waals surface area contributed by atoms with Gasteiger partial charge in [0.05, 0.1) is 12.6 Å². The number of hydrogen-bond donors (Lipinski definition) is 1. The SMILES string of the molecule is CC(C)NC(=O)CN(C)C(=O)C(C)(C)C#N. The Labute approximate surface area is 96.4 Å². The number of nitriles is 1. The second-order valence-corrected chi connectivity index (χ2v) is 4.62. The third kappa shape index (κ3) is 4.30. The lowest BCUT2D eigenvalue weighted by molar-refractivity contribution is -0.139. The molecule has 0 aromatic carbocycles. The predicted molar refractivity (Wildman–Crippen MR) is 60.3 cm³/mol. The lowest BCUT2D eigenvalue weighted by Gasteiger charge is -2.23. The average molecular weight is 225 g/mol. The van der Waals surface area contributed by atoms with Gasteiger partial charge in [-0.1, -0.05) is 0 Å². The molecule has 5 nitrogen and oxygen atoms in total. The summed E-state index contributed by atoms with van der Waals surface area (Å²) in [7, 11) is 1.52. The second-order valence-electron chi connectivity index (χ2n) is 4.62. The Morgan fingerprint density at radius 1 is 1.44 bits per heavy atom. The smallest absolute Gasteiger partial charge is 0.242 e. The molecule has 0 atom stereocenters. The van der Waals surface area contributed by atoms with Gasteiger partial charge in [-0.15, -0.1) is 0 Å². The lowest BCUT2D eigenvalue weighted by atomic mass is 9.94. The van der Waals surface area contributed by atoms with Gasteiger partial charge in [-0.25, -0.2) is 0 Å². The highest BCUT2D eigenvalue weighted by molar-refractivity contribution is 5.88. The van der Waals surface area contributed by atoms with Crippen molar-refractivity contribution in [1.82, 2.24) is 10.2 Å². The molecule has 0 unspecified atom stereocenters. The third-order valence-electron chi connectivity index (χ3n) is 1.99. The fourth-order valence-corrected chi connectivity index (χ4v) is 1.18. The number of carbonyl (C=O) groups excluding carboxylic acids is 2. The van der Waals surface area contributed by atoms with E-state index in [1.165, 1.54) is 25.8 Å². The van der Waals surface area contributed by atoms with Gasteiger partial charge in [0.1, 0.15) is 5.41 Å². The normalized spacial score (nSPS) is 10.8. The minimum atomic E-state index is -1.09. The third-order valence-corrected chi connectivity index (χ3v) is 1.99. The van der Waals surface area contributed by atoms with E-state index in [0.717, 1.165) is 0 Å². The zero-order chi connectivity index (χ0) is 12.9. The van der Waals surface area contributed by atoms with E-state index < -0.39 is 5.41 Å². The van der Waals surface area contributed by atoms with Crippen molar-refractivity contribution < 1.29 is 9.59 Å². The van der Waals surface area contributed by atoms with E-state index in [1.807, 2.05) is 19.9 Å². The highest BCUT2D eigenvalue weighted by Gasteiger charge is 2.31. The van der Waals surface area contributed by atoms with Crippen LogP contribution in [0, 0.1) is 16.7 Å². The Balaban J connectivity index is 4.39. The van der Waals surface area contributed by atoms with Crippen molar-refractivity contribution in [3.8, 4) is 6.07 Å². The largest absolute Gasteiger partial charge is 0.352 e. The molecule has 90 valence electrons. The fourth-order valence-electron chi connectivity index (χ4n) is 1.18. The average Bonchev–Trinajstić information content (AvgIpc) is 2.14. The highest BCUT2D eigenvalue weighted by atomic mass is 16.2. The molecule has 0 fully saturated rings. The van der Waals surface area contributed by atoms with Crippen molar-refractivity contribution in [1.29, 1.82) is 5.26 Å². The van der Waals surface area contributed by atoms with Crippen LogP contribution in [0.15, 0.2) is 0 Å². The predicted octanol–water partition coefficient (Wildman–Crippen LogP) is 0.519. The van der Waals surface area contributed by atoms with Crippen LogP contribution in [0.3, 0.4) is 0 Å².